The lowest BCUT2D eigenvalue weighted by atomic mass is 10.3. The molecule has 0 saturated carbocycles. The van der Waals surface area contributed by atoms with Crippen molar-refractivity contribution >= 4 is 33.0 Å². The maximum absolute atomic E-state index is 13.7. The average Bonchev–Trinajstić information content (AvgIpc) is 2.43. The minimum absolute atomic E-state index is 0.0751. The first kappa shape index (κ1) is 15.5. The van der Waals surface area contributed by atoms with Gasteiger partial charge in [-0.2, -0.15) is 0 Å². The minimum Gasteiger partial charge on any atom is -0.397 e. The molecule has 0 amide bonds. The van der Waals surface area contributed by atoms with E-state index in [1.54, 1.807) is 0 Å². The van der Waals surface area contributed by atoms with Crippen molar-refractivity contribution in [3.63, 3.8) is 0 Å². The second-order valence-corrected chi connectivity index (χ2v) is 6.62. The van der Waals surface area contributed by atoms with Crippen molar-refractivity contribution in [1.29, 1.82) is 0 Å². The van der Waals surface area contributed by atoms with Crippen LogP contribution in [-0.4, -0.2) is 15.5 Å². The molecule has 8 heteroatoms. The van der Waals surface area contributed by atoms with Gasteiger partial charge in [0.1, 0.15) is 16.5 Å². The lowest BCUT2D eigenvalue weighted by molar-refractivity contribution is 0.552. The van der Waals surface area contributed by atoms with Gasteiger partial charge >= 0.3 is 0 Å². The molecular weight excluding hydrogens is 322 g/mol. The van der Waals surface area contributed by atoms with Crippen molar-refractivity contribution < 1.29 is 17.2 Å². The quantitative estimate of drug-likeness (QED) is 0.879. The van der Waals surface area contributed by atoms with Crippen LogP contribution in [0.25, 0.3) is 0 Å². The molecule has 2 rings (SSSR count). The summed E-state index contributed by atoms with van der Waals surface area (Å²) in [7, 11) is -3.12. The van der Waals surface area contributed by atoms with Crippen LogP contribution in [0.4, 0.5) is 20.2 Å². The van der Waals surface area contributed by atoms with Crippen molar-refractivity contribution in [2.24, 2.45) is 0 Å². The molecule has 0 spiro atoms. The molecule has 0 atom stereocenters. The Morgan fingerprint density at radius 3 is 2.48 bits per heavy atom. The number of anilines is 2. The fourth-order valence-corrected chi connectivity index (χ4v) is 3.20. The number of rotatable bonds is 3. The standard InChI is InChI=1S/C13H11ClF2N2O2S/c1-18(12-6-8(14)2-5-11(12)17)21(19,20)13-7-9(15)3-4-10(13)16/h2-7H,17H2,1H3. The fraction of sp³-hybridized carbons (Fsp3) is 0.0769. The van der Waals surface area contributed by atoms with E-state index in [1.165, 1.54) is 25.2 Å². The number of nitrogen functional groups attached to an aromatic ring is 1. The smallest absolute Gasteiger partial charge is 0.267 e. The number of hydrogen-bond donors (Lipinski definition) is 1. The molecule has 0 saturated heterocycles. The van der Waals surface area contributed by atoms with Crippen LogP contribution in [-0.2, 0) is 10.0 Å². The zero-order valence-electron chi connectivity index (χ0n) is 10.8. The Balaban J connectivity index is 2.58. The highest BCUT2D eigenvalue weighted by molar-refractivity contribution is 7.92. The van der Waals surface area contributed by atoms with Crippen LogP contribution in [0.5, 0.6) is 0 Å². The van der Waals surface area contributed by atoms with E-state index in [0.29, 0.717) is 6.07 Å². The number of halogens is 3. The molecule has 0 radical (unpaired) electrons. The Hall–Kier alpha value is -1.86. The van der Waals surface area contributed by atoms with Crippen LogP contribution in [0, 0.1) is 11.6 Å². The first-order valence-corrected chi connectivity index (χ1v) is 7.54. The van der Waals surface area contributed by atoms with Crippen LogP contribution in [0.15, 0.2) is 41.3 Å². The van der Waals surface area contributed by atoms with Gasteiger partial charge in [0, 0.05) is 12.1 Å². The van der Waals surface area contributed by atoms with Gasteiger partial charge in [-0.25, -0.2) is 17.2 Å². The summed E-state index contributed by atoms with van der Waals surface area (Å²) in [6.45, 7) is 0. The third-order valence-corrected chi connectivity index (χ3v) is 4.88. The Morgan fingerprint density at radius 2 is 1.81 bits per heavy atom. The van der Waals surface area contributed by atoms with E-state index < -0.39 is 26.6 Å². The summed E-state index contributed by atoms with van der Waals surface area (Å²) in [6, 6.07) is 6.43. The average molecular weight is 333 g/mol. The first-order chi connectivity index (χ1) is 9.73. The molecular formula is C13H11ClF2N2O2S. The van der Waals surface area contributed by atoms with Gasteiger partial charge in [-0.05, 0) is 36.4 Å². The number of sulfonamides is 1. The molecule has 21 heavy (non-hydrogen) atoms. The van der Waals surface area contributed by atoms with E-state index in [2.05, 4.69) is 0 Å². The molecule has 0 aromatic heterocycles. The highest BCUT2D eigenvalue weighted by atomic mass is 35.5. The number of nitrogens with two attached hydrogens (primary N) is 1. The van der Waals surface area contributed by atoms with Gasteiger partial charge in [-0.15, -0.1) is 0 Å². The molecule has 4 nitrogen and oxygen atoms in total. The lowest BCUT2D eigenvalue weighted by Crippen LogP contribution is -2.28. The van der Waals surface area contributed by atoms with Gasteiger partial charge in [0.25, 0.3) is 10.0 Å². The van der Waals surface area contributed by atoms with Crippen molar-refractivity contribution in [3.8, 4) is 0 Å². The number of nitrogens with zero attached hydrogens (tertiary/aromatic N) is 1. The molecule has 2 aromatic rings. The van der Waals surface area contributed by atoms with Crippen molar-refractivity contribution in [1.82, 2.24) is 0 Å². The van der Waals surface area contributed by atoms with Crippen LogP contribution in [0.3, 0.4) is 0 Å². The predicted octanol–water partition coefficient (Wildman–Crippen LogP) is 3.03. The zero-order valence-corrected chi connectivity index (χ0v) is 12.4. The summed E-state index contributed by atoms with van der Waals surface area (Å²) in [6.07, 6.45) is 0. The molecule has 0 bridgehead atoms. The van der Waals surface area contributed by atoms with E-state index in [-0.39, 0.29) is 16.4 Å². The molecule has 2 N–H and O–H groups in total. The number of hydrogen-bond acceptors (Lipinski definition) is 3. The Kier molecular flexibility index (Phi) is 4.06. The summed E-state index contributed by atoms with van der Waals surface area (Å²) in [4.78, 5) is -0.774. The maximum atomic E-state index is 13.7. The maximum Gasteiger partial charge on any atom is 0.267 e. The molecule has 2 aromatic carbocycles. The molecule has 0 unspecified atom stereocenters. The fourth-order valence-electron chi connectivity index (χ4n) is 1.74. The predicted molar refractivity (Wildman–Crippen MR) is 77.8 cm³/mol. The molecule has 0 aliphatic carbocycles. The molecule has 0 aliphatic rings. The van der Waals surface area contributed by atoms with E-state index in [4.69, 9.17) is 17.3 Å². The van der Waals surface area contributed by atoms with Gasteiger partial charge < -0.3 is 5.73 Å². The van der Waals surface area contributed by atoms with Crippen LogP contribution in [0.2, 0.25) is 5.02 Å². The molecule has 0 heterocycles. The SMILES string of the molecule is CN(c1cc(Cl)ccc1N)S(=O)(=O)c1cc(F)ccc1F. The first-order valence-electron chi connectivity index (χ1n) is 5.72. The van der Waals surface area contributed by atoms with E-state index in [1.807, 2.05) is 0 Å². The summed E-state index contributed by atoms with van der Waals surface area (Å²) in [5.41, 5.74) is 5.92. The Morgan fingerprint density at radius 1 is 1.14 bits per heavy atom. The normalized spacial score (nSPS) is 11.4. The van der Waals surface area contributed by atoms with Crippen LogP contribution in [0.1, 0.15) is 0 Å². The Bertz CT molecular complexity index is 797. The third-order valence-electron chi connectivity index (χ3n) is 2.86. The van der Waals surface area contributed by atoms with Gasteiger partial charge in [-0.1, -0.05) is 11.6 Å². The highest BCUT2D eigenvalue weighted by Gasteiger charge is 2.26. The van der Waals surface area contributed by atoms with E-state index >= 15 is 0 Å². The monoisotopic (exact) mass is 332 g/mol. The lowest BCUT2D eigenvalue weighted by Gasteiger charge is -2.21. The van der Waals surface area contributed by atoms with E-state index in [0.717, 1.165) is 16.4 Å². The van der Waals surface area contributed by atoms with Crippen molar-refractivity contribution in [2.75, 3.05) is 17.1 Å². The van der Waals surface area contributed by atoms with E-state index in [9.17, 15) is 17.2 Å². The Labute approximate surface area is 125 Å². The van der Waals surface area contributed by atoms with Crippen molar-refractivity contribution in [3.05, 3.63) is 53.1 Å². The molecule has 0 fully saturated rings. The van der Waals surface area contributed by atoms with Gasteiger partial charge in [0.2, 0.25) is 0 Å². The second-order valence-electron chi connectivity index (χ2n) is 4.25. The highest BCUT2D eigenvalue weighted by Crippen LogP contribution is 2.31. The second kappa shape index (κ2) is 5.50. The minimum atomic E-state index is -4.30. The molecule has 0 aliphatic heterocycles. The van der Waals surface area contributed by atoms with Crippen LogP contribution < -0.4 is 10.0 Å². The third kappa shape index (κ3) is 2.93. The largest absolute Gasteiger partial charge is 0.397 e. The van der Waals surface area contributed by atoms with Gasteiger partial charge in [0.05, 0.1) is 11.4 Å². The van der Waals surface area contributed by atoms with Crippen LogP contribution >= 0.6 is 11.6 Å². The van der Waals surface area contributed by atoms with Crippen molar-refractivity contribution in [2.45, 2.75) is 4.90 Å². The summed E-state index contributed by atoms with van der Waals surface area (Å²) in [5, 5.41) is 0.265. The summed E-state index contributed by atoms with van der Waals surface area (Å²) >= 11 is 5.80. The zero-order chi connectivity index (χ0) is 15.8. The summed E-state index contributed by atoms with van der Waals surface area (Å²) in [5.74, 6) is -1.91. The van der Waals surface area contributed by atoms with Gasteiger partial charge in [-0.3, -0.25) is 4.31 Å². The number of benzene rings is 2. The topological polar surface area (TPSA) is 63.4 Å². The summed E-state index contributed by atoms with van der Waals surface area (Å²) < 4.78 is 52.4. The van der Waals surface area contributed by atoms with Gasteiger partial charge in [0.15, 0.2) is 0 Å². The molecule has 112 valence electrons.